The number of alkyl halides is 1. The second-order valence-electron chi connectivity index (χ2n) is 8.01. The minimum absolute atomic E-state index is 0.190. The Bertz CT molecular complexity index is 1170. The molecular weight excluding hydrogens is 403 g/mol. The number of amides is 2. The molecule has 2 aromatic heterocycles. The lowest BCUT2D eigenvalue weighted by molar-refractivity contribution is -0.0159. The minimum Gasteiger partial charge on any atom is -0.387 e. The van der Waals surface area contributed by atoms with Crippen LogP contribution in [0.4, 0.5) is 15.8 Å². The Hall–Kier alpha value is -3.53. The molecule has 3 N–H and O–H groups in total. The standard InChI is InChI=1S/C21H23FN6O3/c1-21(2,31)17(22)11-27-10-12-7-16(15(23-3)8-13(12)20(27)30)26-19(29)14-9-25-28-6-4-5-24-18(14)28/h4-9,17,23,31H,10-11H2,1-3H3,(H,26,29)/t17-/m1/s1. The molecule has 0 fully saturated rings. The molecule has 3 heterocycles. The average Bonchev–Trinajstić information content (AvgIpc) is 3.28. The number of carbonyl (C=O) groups excluding carboxylic acids is 2. The van der Waals surface area contributed by atoms with Gasteiger partial charge < -0.3 is 20.6 Å². The fraction of sp³-hybridized carbons (Fsp3) is 0.333. The zero-order valence-electron chi connectivity index (χ0n) is 17.4. The van der Waals surface area contributed by atoms with Crippen molar-refractivity contribution in [3.8, 4) is 0 Å². The molecule has 10 heteroatoms. The Balaban J connectivity index is 1.59. The van der Waals surface area contributed by atoms with E-state index in [1.807, 2.05) is 0 Å². The van der Waals surface area contributed by atoms with Crippen LogP contribution in [0.3, 0.4) is 0 Å². The number of halogens is 1. The van der Waals surface area contributed by atoms with Crippen molar-refractivity contribution < 1.29 is 19.1 Å². The number of fused-ring (bicyclic) bond motifs is 2. The van der Waals surface area contributed by atoms with E-state index in [2.05, 4.69) is 20.7 Å². The Kier molecular flexibility index (Phi) is 5.10. The minimum atomic E-state index is -1.59. The molecule has 0 spiro atoms. The maximum Gasteiger partial charge on any atom is 0.261 e. The third kappa shape index (κ3) is 3.81. The van der Waals surface area contributed by atoms with Gasteiger partial charge in [-0.3, -0.25) is 9.59 Å². The number of nitrogens with zero attached hydrogens (tertiary/aromatic N) is 4. The zero-order chi connectivity index (χ0) is 22.3. The third-order valence-electron chi connectivity index (χ3n) is 5.31. The molecule has 3 aromatic rings. The maximum atomic E-state index is 14.3. The number of rotatable bonds is 6. The predicted molar refractivity (Wildman–Crippen MR) is 113 cm³/mol. The molecule has 162 valence electrons. The maximum absolute atomic E-state index is 14.3. The molecule has 0 radical (unpaired) electrons. The molecule has 1 aromatic carbocycles. The van der Waals surface area contributed by atoms with Gasteiger partial charge in [0.15, 0.2) is 5.65 Å². The lowest BCUT2D eigenvalue weighted by Crippen LogP contribution is -2.42. The SMILES string of the molecule is CNc1cc2c(cc1NC(=O)c1cnn3cccnc13)CN(C[C@@H](F)C(C)(C)O)C2=O. The first-order valence-corrected chi connectivity index (χ1v) is 9.79. The van der Waals surface area contributed by atoms with E-state index < -0.39 is 17.7 Å². The number of hydrogen-bond acceptors (Lipinski definition) is 6. The van der Waals surface area contributed by atoms with E-state index in [1.165, 1.54) is 29.5 Å². The van der Waals surface area contributed by atoms with E-state index in [0.717, 1.165) is 0 Å². The van der Waals surface area contributed by atoms with Gasteiger partial charge in [-0.2, -0.15) is 5.10 Å². The van der Waals surface area contributed by atoms with E-state index in [9.17, 15) is 19.1 Å². The quantitative estimate of drug-likeness (QED) is 0.557. The van der Waals surface area contributed by atoms with Gasteiger partial charge in [0.05, 0.1) is 29.7 Å². The van der Waals surface area contributed by atoms with Crippen molar-refractivity contribution in [3.05, 3.63) is 53.5 Å². The van der Waals surface area contributed by atoms with Crippen LogP contribution >= 0.6 is 0 Å². The van der Waals surface area contributed by atoms with Crippen LogP contribution in [-0.2, 0) is 6.54 Å². The van der Waals surface area contributed by atoms with Crippen LogP contribution in [0.5, 0.6) is 0 Å². The first-order chi connectivity index (χ1) is 14.7. The molecule has 1 aliphatic heterocycles. The monoisotopic (exact) mass is 426 g/mol. The van der Waals surface area contributed by atoms with Crippen molar-refractivity contribution >= 4 is 28.8 Å². The second kappa shape index (κ2) is 7.62. The topological polar surface area (TPSA) is 112 Å². The van der Waals surface area contributed by atoms with Crippen LogP contribution in [0.1, 0.15) is 40.1 Å². The average molecular weight is 426 g/mol. The third-order valence-corrected chi connectivity index (χ3v) is 5.31. The van der Waals surface area contributed by atoms with Gasteiger partial charge in [0.25, 0.3) is 11.8 Å². The van der Waals surface area contributed by atoms with Crippen molar-refractivity contribution in [2.45, 2.75) is 32.2 Å². The normalized spacial score (nSPS) is 14.6. The first kappa shape index (κ1) is 20.7. The zero-order valence-corrected chi connectivity index (χ0v) is 17.4. The summed E-state index contributed by atoms with van der Waals surface area (Å²) < 4.78 is 15.8. The summed E-state index contributed by atoms with van der Waals surface area (Å²) in [7, 11) is 1.68. The van der Waals surface area contributed by atoms with Crippen LogP contribution in [0.2, 0.25) is 0 Å². The molecule has 1 aliphatic rings. The number of aliphatic hydroxyl groups is 1. The van der Waals surface area contributed by atoms with E-state index in [0.29, 0.717) is 33.7 Å². The highest BCUT2D eigenvalue weighted by atomic mass is 19.1. The summed E-state index contributed by atoms with van der Waals surface area (Å²) in [6, 6.07) is 5.05. The van der Waals surface area contributed by atoms with Crippen LogP contribution in [0.25, 0.3) is 5.65 Å². The highest BCUT2D eigenvalue weighted by molar-refractivity contribution is 6.10. The number of aromatic nitrogens is 3. The Morgan fingerprint density at radius 1 is 1.35 bits per heavy atom. The Morgan fingerprint density at radius 3 is 2.84 bits per heavy atom. The molecule has 0 unspecified atom stereocenters. The van der Waals surface area contributed by atoms with Crippen molar-refractivity contribution in [2.75, 3.05) is 24.2 Å². The molecule has 9 nitrogen and oxygen atoms in total. The van der Waals surface area contributed by atoms with E-state index in [1.54, 1.807) is 37.6 Å². The summed E-state index contributed by atoms with van der Waals surface area (Å²) in [5, 5.41) is 19.8. The van der Waals surface area contributed by atoms with Crippen molar-refractivity contribution in [1.82, 2.24) is 19.5 Å². The number of nitrogens with one attached hydrogen (secondary N) is 2. The van der Waals surface area contributed by atoms with Gasteiger partial charge in [0.2, 0.25) is 0 Å². The Labute approximate surface area is 177 Å². The largest absolute Gasteiger partial charge is 0.387 e. The van der Waals surface area contributed by atoms with Gasteiger partial charge in [-0.25, -0.2) is 13.9 Å². The Morgan fingerprint density at radius 2 is 2.13 bits per heavy atom. The summed E-state index contributed by atoms with van der Waals surface area (Å²) in [6.45, 7) is 2.71. The fourth-order valence-corrected chi connectivity index (χ4v) is 3.47. The number of benzene rings is 1. The molecule has 4 rings (SSSR count). The summed E-state index contributed by atoms with van der Waals surface area (Å²) >= 11 is 0. The van der Waals surface area contributed by atoms with Crippen LogP contribution < -0.4 is 10.6 Å². The molecule has 0 saturated heterocycles. The van der Waals surface area contributed by atoms with Crippen molar-refractivity contribution in [3.63, 3.8) is 0 Å². The lowest BCUT2D eigenvalue weighted by atomic mass is 10.0. The highest BCUT2D eigenvalue weighted by Gasteiger charge is 2.35. The molecule has 31 heavy (non-hydrogen) atoms. The molecule has 0 aliphatic carbocycles. The molecule has 0 bridgehead atoms. The summed E-state index contributed by atoms with van der Waals surface area (Å²) in [6.07, 6.45) is 3.12. The van der Waals surface area contributed by atoms with E-state index >= 15 is 0 Å². The van der Waals surface area contributed by atoms with Crippen LogP contribution in [-0.4, -0.2) is 61.8 Å². The molecule has 0 saturated carbocycles. The summed E-state index contributed by atoms with van der Waals surface area (Å²) in [4.78, 5) is 31.1. The smallest absolute Gasteiger partial charge is 0.261 e. The first-order valence-electron chi connectivity index (χ1n) is 9.79. The molecule has 1 atom stereocenters. The number of anilines is 2. The number of carbonyl (C=O) groups is 2. The van der Waals surface area contributed by atoms with Crippen molar-refractivity contribution in [1.29, 1.82) is 0 Å². The lowest BCUT2D eigenvalue weighted by Gasteiger charge is -2.26. The van der Waals surface area contributed by atoms with Crippen molar-refractivity contribution in [2.24, 2.45) is 0 Å². The van der Waals surface area contributed by atoms with Gasteiger partial charge in [-0.15, -0.1) is 0 Å². The fourth-order valence-electron chi connectivity index (χ4n) is 3.47. The number of hydrogen-bond donors (Lipinski definition) is 3. The molecular formula is C21H23FN6O3. The van der Waals surface area contributed by atoms with Crippen LogP contribution in [0.15, 0.2) is 36.8 Å². The van der Waals surface area contributed by atoms with E-state index in [4.69, 9.17) is 0 Å². The van der Waals surface area contributed by atoms with Gasteiger partial charge in [0.1, 0.15) is 11.7 Å². The van der Waals surface area contributed by atoms with Gasteiger partial charge >= 0.3 is 0 Å². The van der Waals surface area contributed by atoms with Crippen LogP contribution in [0, 0.1) is 0 Å². The van der Waals surface area contributed by atoms with Gasteiger partial charge in [-0.05, 0) is 37.6 Å². The van der Waals surface area contributed by atoms with Gasteiger partial charge in [-0.1, -0.05) is 0 Å². The predicted octanol–water partition coefficient (Wildman–Crippen LogP) is 2.09. The van der Waals surface area contributed by atoms with Gasteiger partial charge in [0, 0.05) is 31.5 Å². The second-order valence-corrected chi connectivity index (χ2v) is 8.01. The molecule has 2 amide bonds. The highest BCUT2D eigenvalue weighted by Crippen LogP contribution is 2.33. The summed E-state index contributed by atoms with van der Waals surface area (Å²) in [5.74, 6) is -0.708. The van der Waals surface area contributed by atoms with E-state index in [-0.39, 0.29) is 19.0 Å². The summed E-state index contributed by atoms with van der Waals surface area (Å²) in [5.41, 5.74) is 1.32.